The van der Waals surface area contributed by atoms with E-state index >= 15 is 0 Å². The highest BCUT2D eigenvalue weighted by molar-refractivity contribution is 5.93. The first-order chi connectivity index (χ1) is 13.1. The number of aromatic nitrogens is 1. The van der Waals surface area contributed by atoms with Gasteiger partial charge in [0.05, 0.1) is 13.2 Å². The number of benzene rings is 2. The highest BCUT2D eigenvalue weighted by Gasteiger charge is 2.18. The summed E-state index contributed by atoms with van der Waals surface area (Å²) in [5.74, 6) is 1.11. The van der Waals surface area contributed by atoms with Crippen molar-refractivity contribution in [3.63, 3.8) is 0 Å². The first-order valence-corrected chi connectivity index (χ1v) is 8.69. The zero-order valence-corrected chi connectivity index (χ0v) is 15.7. The highest BCUT2D eigenvalue weighted by Crippen LogP contribution is 2.22. The first-order valence-electron chi connectivity index (χ1n) is 8.69. The monoisotopic (exact) mass is 365 g/mol. The van der Waals surface area contributed by atoms with Crippen molar-refractivity contribution in [1.82, 2.24) is 15.4 Å². The topological polar surface area (TPSA) is 67.6 Å². The zero-order chi connectivity index (χ0) is 19.2. The van der Waals surface area contributed by atoms with Crippen LogP contribution in [0, 0.1) is 0 Å². The largest absolute Gasteiger partial charge is 0.497 e. The first kappa shape index (κ1) is 18.7. The maximum absolute atomic E-state index is 12.5. The number of nitrogens with one attached hydrogen (secondary N) is 1. The van der Waals surface area contributed by atoms with Gasteiger partial charge in [0.25, 0.3) is 5.91 Å². The maximum Gasteiger partial charge on any atom is 0.273 e. The summed E-state index contributed by atoms with van der Waals surface area (Å²) in [4.78, 5) is 14.5. The number of rotatable bonds is 7. The molecule has 0 aliphatic rings. The van der Waals surface area contributed by atoms with Crippen LogP contribution < -0.4 is 10.1 Å². The molecule has 0 spiro atoms. The van der Waals surface area contributed by atoms with Gasteiger partial charge in [0.1, 0.15) is 5.75 Å². The third-order valence-corrected chi connectivity index (χ3v) is 4.38. The fourth-order valence-corrected chi connectivity index (χ4v) is 2.83. The lowest BCUT2D eigenvalue weighted by Crippen LogP contribution is -2.34. The van der Waals surface area contributed by atoms with Crippen LogP contribution in [0.3, 0.4) is 0 Å². The quantitative estimate of drug-likeness (QED) is 0.695. The van der Waals surface area contributed by atoms with E-state index in [1.54, 1.807) is 13.2 Å². The van der Waals surface area contributed by atoms with Crippen molar-refractivity contribution in [3.05, 3.63) is 71.9 Å². The van der Waals surface area contributed by atoms with E-state index < -0.39 is 0 Å². The number of carbonyl (C=O) groups is 1. The molecule has 0 aliphatic carbocycles. The van der Waals surface area contributed by atoms with E-state index in [9.17, 15) is 4.79 Å². The average Bonchev–Trinajstić information content (AvgIpc) is 3.19. The van der Waals surface area contributed by atoms with Gasteiger partial charge in [-0.2, -0.15) is 0 Å². The molecule has 3 rings (SSSR count). The smallest absolute Gasteiger partial charge is 0.273 e. The van der Waals surface area contributed by atoms with Crippen LogP contribution in [0.25, 0.3) is 11.3 Å². The van der Waals surface area contributed by atoms with Crippen molar-refractivity contribution in [2.75, 3.05) is 27.7 Å². The fourth-order valence-electron chi connectivity index (χ4n) is 2.83. The Morgan fingerprint density at radius 2 is 1.85 bits per heavy atom. The van der Waals surface area contributed by atoms with Crippen molar-refractivity contribution in [2.24, 2.45) is 0 Å². The number of amides is 1. The van der Waals surface area contributed by atoms with Crippen molar-refractivity contribution in [3.8, 4) is 17.1 Å². The summed E-state index contributed by atoms with van der Waals surface area (Å²) >= 11 is 0. The molecule has 1 heterocycles. The molecule has 1 atom stereocenters. The molecule has 3 aromatic rings. The molecule has 1 amide bonds. The van der Waals surface area contributed by atoms with E-state index in [1.165, 1.54) is 0 Å². The molecule has 0 bridgehead atoms. The summed E-state index contributed by atoms with van der Waals surface area (Å²) in [5.41, 5.74) is 2.24. The average molecular weight is 365 g/mol. The molecule has 140 valence electrons. The van der Waals surface area contributed by atoms with Crippen LogP contribution in [0.4, 0.5) is 0 Å². The van der Waals surface area contributed by atoms with Crippen LogP contribution in [-0.2, 0) is 0 Å². The number of ether oxygens (including phenoxy) is 1. The number of hydrogen-bond donors (Lipinski definition) is 1. The van der Waals surface area contributed by atoms with Gasteiger partial charge in [0, 0.05) is 18.2 Å². The molecule has 27 heavy (non-hydrogen) atoms. The summed E-state index contributed by atoms with van der Waals surface area (Å²) in [6.45, 7) is 0.450. The van der Waals surface area contributed by atoms with Gasteiger partial charge < -0.3 is 19.5 Å². The minimum absolute atomic E-state index is 0.0281. The van der Waals surface area contributed by atoms with Gasteiger partial charge in [0.15, 0.2) is 11.5 Å². The predicted octanol–water partition coefficient (Wildman–Crippen LogP) is 3.38. The molecule has 0 saturated heterocycles. The lowest BCUT2D eigenvalue weighted by Gasteiger charge is -2.25. The number of methoxy groups -OCH3 is 1. The second kappa shape index (κ2) is 8.51. The van der Waals surface area contributed by atoms with Crippen molar-refractivity contribution in [2.45, 2.75) is 6.04 Å². The minimum atomic E-state index is -0.263. The van der Waals surface area contributed by atoms with Crippen LogP contribution in [0.2, 0.25) is 0 Å². The SMILES string of the molecule is COc1ccc([C@H](CNC(=O)c2cc(-c3ccccc3)on2)N(C)C)cc1. The van der Waals surface area contributed by atoms with Gasteiger partial charge in [-0.3, -0.25) is 4.79 Å². The zero-order valence-electron chi connectivity index (χ0n) is 15.7. The Kier molecular flexibility index (Phi) is 5.88. The Labute approximate surface area is 158 Å². The van der Waals surface area contributed by atoms with E-state index in [2.05, 4.69) is 15.4 Å². The molecular formula is C21H23N3O3. The van der Waals surface area contributed by atoms with Crippen LogP contribution in [0.15, 0.2) is 65.2 Å². The third-order valence-electron chi connectivity index (χ3n) is 4.38. The Morgan fingerprint density at radius 1 is 1.15 bits per heavy atom. The standard InChI is InChI=1S/C21H23N3O3/c1-24(2)19(15-9-11-17(26-3)12-10-15)14-22-21(25)18-13-20(27-23-18)16-7-5-4-6-8-16/h4-13,19H,14H2,1-3H3,(H,22,25)/t19-/m0/s1. The van der Waals surface area contributed by atoms with E-state index in [4.69, 9.17) is 9.26 Å². The summed E-state index contributed by atoms with van der Waals surface area (Å²) in [5, 5.41) is 6.83. The van der Waals surface area contributed by atoms with Crippen LogP contribution >= 0.6 is 0 Å². The molecule has 2 aromatic carbocycles. The summed E-state index contributed by atoms with van der Waals surface area (Å²) in [6, 6.07) is 19.1. The lowest BCUT2D eigenvalue weighted by atomic mass is 10.1. The Bertz CT molecular complexity index is 873. The van der Waals surface area contributed by atoms with Gasteiger partial charge in [0.2, 0.25) is 0 Å². The molecule has 6 nitrogen and oxygen atoms in total. The number of hydrogen-bond acceptors (Lipinski definition) is 5. The Balaban J connectivity index is 1.66. The second-order valence-corrected chi connectivity index (χ2v) is 6.41. The minimum Gasteiger partial charge on any atom is -0.497 e. The van der Waals surface area contributed by atoms with Gasteiger partial charge >= 0.3 is 0 Å². The Morgan fingerprint density at radius 3 is 2.48 bits per heavy atom. The predicted molar refractivity (Wildman–Crippen MR) is 104 cm³/mol. The molecule has 0 radical (unpaired) electrons. The van der Waals surface area contributed by atoms with Gasteiger partial charge in [-0.05, 0) is 31.8 Å². The molecule has 0 fully saturated rings. The Hall–Kier alpha value is -3.12. The number of nitrogens with zero attached hydrogens (tertiary/aromatic N) is 2. The molecular weight excluding hydrogens is 342 g/mol. The number of carbonyl (C=O) groups excluding carboxylic acids is 1. The van der Waals surface area contributed by atoms with Gasteiger partial charge in [-0.15, -0.1) is 0 Å². The van der Waals surface area contributed by atoms with E-state index in [0.29, 0.717) is 12.3 Å². The molecule has 0 saturated carbocycles. The van der Waals surface area contributed by atoms with E-state index in [-0.39, 0.29) is 17.6 Å². The highest BCUT2D eigenvalue weighted by atomic mass is 16.5. The lowest BCUT2D eigenvalue weighted by molar-refractivity contribution is 0.0933. The molecule has 1 aromatic heterocycles. The second-order valence-electron chi connectivity index (χ2n) is 6.41. The molecule has 1 N–H and O–H groups in total. The molecule has 0 aliphatic heterocycles. The van der Waals surface area contributed by atoms with Crippen molar-refractivity contribution >= 4 is 5.91 Å². The molecule has 6 heteroatoms. The summed E-state index contributed by atoms with van der Waals surface area (Å²) < 4.78 is 10.5. The summed E-state index contributed by atoms with van der Waals surface area (Å²) in [7, 11) is 5.59. The van der Waals surface area contributed by atoms with Crippen LogP contribution in [0.5, 0.6) is 5.75 Å². The number of likely N-dealkylation sites (N-methyl/N-ethyl adjacent to an activating group) is 1. The maximum atomic E-state index is 12.5. The van der Waals surface area contributed by atoms with Crippen LogP contribution in [-0.4, -0.2) is 43.7 Å². The van der Waals surface area contributed by atoms with Gasteiger partial charge in [-0.1, -0.05) is 47.6 Å². The van der Waals surface area contributed by atoms with Gasteiger partial charge in [-0.25, -0.2) is 0 Å². The van der Waals surface area contributed by atoms with Crippen LogP contribution in [0.1, 0.15) is 22.1 Å². The molecule has 0 unspecified atom stereocenters. The van der Waals surface area contributed by atoms with E-state index in [1.807, 2.05) is 68.7 Å². The fraction of sp³-hybridized carbons (Fsp3) is 0.238. The third kappa shape index (κ3) is 4.54. The van der Waals surface area contributed by atoms with Crippen molar-refractivity contribution in [1.29, 1.82) is 0 Å². The van der Waals surface area contributed by atoms with E-state index in [0.717, 1.165) is 16.9 Å². The van der Waals surface area contributed by atoms with Crippen molar-refractivity contribution < 1.29 is 14.1 Å². The normalized spacial score (nSPS) is 12.0. The summed E-state index contributed by atoms with van der Waals surface area (Å²) in [6.07, 6.45) is 0.